The number of fused-ring (bicyclic) bond motifs is 1. The second kappa shape index (κ2) is 6.18. The predicted molar refractivity (Wildman–Crippen MR) is 81.1 cm³/mol. The Morgan fingerprint density at radius 2 is 1.91 bits per heavy atom. The predicted octanol–water partition coefficient (Wildman–Crippen LogP) is 2.18. The van der Waals surface area contributed by atoms with Crippen LogP contribution in [0.3, 0.4) is 0 Å². The zero-order chi connectivity index (χ0) is 16.4. The molecule has 1 aliphatic rings. The zero-order valence-corrected chi connectivity index (χ0v) is 12.2. The standard InChI is InChI=1S/C17H16O6/c18-5-6-22-12-7-13(20)17-14(21)9-15(23-16(17)8-12)10-1-3-11(19)4-2-10/h1-4,7-8,15,18-20H,5-6,9H2. The van der Waals surface area contributed by atoms with E-state index in [-0.39, 0.29) is 48.2 Å². The number of aliphatic hydroxyl groups is 1. The first-order chi connectivity index (χ1) is 11.1. The van der Waals surface area contributed by atoms with E-state index in [4.69, 9.17) is 14.6 Å². The first-order valence-corrected chi connectivity index (χ1v) is 7.18. The third-order valence-electron chi connectivity index (χ3n) is 3.60. The second-order valence-corrected chi connectivity index (χ2v) is 5.21. The third kappa shape index (κ3) is 3.07. The Hall–Kier alpha value is -2.73. The summed E-state index contributed by atoms with van der Waals surface area (Å²) in [4.78, 5) is 12.3. The number of Topliss-reactive ketones (excluding diaryl/α,β-unsaturated/α-hetero) is 1. The van der Waals surface area contributed by atoms with Gasteiger partial charge in [0.15, 0.2) is 5.78 Å². The summed E-state index contributed by atoms with van der Waals surface area (Å²) in [6.07, 6.45) is -0.398. The molecule has 1 heterocycles. The quantitative estimate of drug-likeness (QED) is 0.800. The highest BCUT2D eigenvalue weighted by Gasteiger charge is 2.30. The van der Waals surface area contributed by atoms with Crippen molar-refractivity contribution in [3.63, 3.8) is 0 Å². The number of ketones is 1. The van der Waals surface area contributed by atoms with Crippen LogP contribution in [0.15, 0.2) is 36.4 Å². The first-order valence-electron chi connectivity index (χ1n) is 7.18. The SMILES string of the molecule is O=C1CC(c2ccc(O)cc2)Oc2cc(OCCO)cc(O)c21. The number of ether oxygens (including phenoxy) is 2. The lowest BCUT2D eigenvalue weighted by Crippen LogP contribution is -2.20. The number of hydrogen-bond acceptors (Lipinski definition) is 6. The molecule has 2 aromatic carbocycles. The van der Waals surface area contributed by atoms with Crippen LogP contribution in [0.25, 0.3) is 0 Å². The van der Waals surface area contributed by atoms with E-state index in [1.54, 1.807) is 12.1 Å². The monoisotopic (exact) mass is 316 g/mol. The summed E-state index contributed by atoms with van der Waals surface area (Å²) < 4.78 is 11.1. The number of aromatic hydroxyl groups is 2. The van der Waals surface area contributed by atoms with Crippen LogP contribution in [0.4, 0.5) is 0 Å². The van der Waals surface area contributed by atoms with Gasteiger partial charge in [-0.05, 0) is 17.7 Å². The molecule has 0 aliphatic carbocycles. The van der Waals surface area contributed by atoms with E-state index < -0.39 is 6.10 Å². The number of carbonyl (C=O) groups excluding carboxylic acids is 1. The molecule has 23 heavy (non-hydrogen) atoms. The van der Waals surface area contributed by atoms with Crippen molar-refractivity contribution in [1.82, 2.24) is 0 Å². The average Bonchev–Trinajstić information content (AvgIpc) is 2.52. The van der Waals surface area contributed by atoms with Crippen molar-refractivity contribution >= 4 is 5.78 Å². The molecular weight excluding hydrogens is 300 g/mol. The molecule has 120 valence electrons. The maximum absolute atomic E-state index is 12.3. The number of aliphatic hydroxyl groups excluding tert-OH is 1. The minimum absolute atomic E-state index is 0.0769. The Kier molecular flexibility index (Phi) is 4.08. The molecule has 0 fully saturated rings. The van der Waals surface area contributed by atoms with E-state index in [0.717, 1.165) is 5.56 Å². The maximum atomic E-state index is 12.3. The van der Waals surface area contributed by atoms with Gasteiger partial charge in [-0.25, -0.2) is 0 Å². The molecule has 0 spiro atoms. The van der Waals surface area contributed by atoms with Crippen LogP contribution in [0, 0.1) is 0 Å². The molecule has 0 saturated carbocycles. The molecule has 0 aromatic heterocycles. The molecule has 0 amide bonds. The van der Waals surface area contributed by atoms with Crippen LogP contribution < -0.4 is 9.47 Å². The van der Waals surface area contributed by atoms with E-state index in [1.807, 2.05) is 0 Å². The highest BCUT2D eigenvalue weighted by atomic mass is 16.5. The summed E-state index contributed by atoms with van der Waals surface area (Å²) in [5.41, 5.74) is 0.888. The molecule has 0 radical (unpaired) electrons. The number of carbonyl (C=O) groups is 1. The highest BCUT2D eigenvalue weighted by Crippen LogP contribution is 2.42. The maximum Gasteiger partial charge on any atom is 0.174 e. The number of phenols is 2. The lowest BCUT2D eigenvalue weighted by atomic mass is 9.95. The Balaban J connectivity index is 1.92. The van der Waals surface area contributed by atoms with Gasteiger partial charge in [0.1, 0.15) is 41.3 Å². The van der Waals surface area contributed by atoms with Gasteiger partial charge in [0.2, 0.25) is 0 Å². The van der Waals surface area contributed by atoms with E-state index in [2.05, 4.69) is 0 Å². The zero-order valence-electron chi connectivity index (χ0n) is 12.2. The van der Waals surface area contributed by atoms with Crippen molar-refractivity contribution in [3.8, 4) is 23.0 Å². The van der Waals surface area contributed by atoms with Crippen LogP contribution >= 0.6 is 0 Å². The largest absolute Gasteiger partial charge is 0.508 e. The topological polar surface area (TPSA) is 96.2 Å². The van der Waals surface area contributed by atoms with Gasteiger partial charge in [-0.15, -0.1) is 0 Å². The molecule has 1 aliphatic heterocycles. The molecule has 6 heteroatoms. The minimum atomic E-state index is -0.497. The molecular formula is C17H16O6. The van der Waals surface area contributed by atoms with Gasteiger partial charge in [-0.2, -0.15) is 0 Å². The van der Waals surface area contributed by atoms with Gasteiger partial charge in [-0.3, -0.25) is 4.79 Å². The number of hydrogen-bond donors (Lipinski definition) is 3. The van der Waals surface area contributed by atoms with Crippen molar-refractivity contribution in [2.45, 2.75) is 12.5 Å². The average molecular weight is 316 g/mol. The van der Waals surface area contributed by atoms with Crippen molar-refractivity contribution in [2.24, 2.45) is 0 Å². The van der Waals surface area contributed by atoms with Crippen molar-refractivity contribution < 1.29 is 29.6 Å². The molecule has 0 saturated heterocycles. The number of phenolic OH excluding ortho intramolecular Hbond substituents is 2. The molecule has 0 bridgehead atoms. The molecule has 3 rings (SSSR count). The normalized spacial score (nSPS) is 16.6. The summed E-state index contributed by atoms with van der Waals surface area (Å²) in [6, 6.07) is 9.27. The Labute approximate surface area is 132 Å². The fraction of sp³-hybridized carbons (Fsp3) is 0.235. The Morgan fingerprint density at radius 1 is 1.17 bits per heavy atom. The summed E-state index contributed by atoms with van der Waals surface area (Å²) in [5.74, 6) is 0.260. The number of rotatable bonds is 4. The van der Waals surface area contributed by atoms with Gasteiger partial charge in [0.05, 0.1) is 13.0 Å². The minimum Gasteiger partial charge on any atom is -0.508 e. The second-order valence-electron chi connectivity index (χ2n) is 5.21. The summed E-state index contributed by atoms with van der Waals surface area (Å²) in [6.45, 7) is -0.0820. The molecule has 1 unspecified atom stereocenters. The smallest absolute Gasteiger partial charge is 0.174 e. The van der Waals surface area contributed by atoms with Crippen LogP contribution in [-0.2, 0) is 0 Å². The first kappa shape index (κ1) is 15.2. The third-order valence-corrected chi connectivity index (χ3v) is 3.60. The molecule has 1 atom stereocenters. The Bertz CT molecular complexity index is 723. The van der Waals surface area contributed by atoms with Gasteiger partial charge in [-0.1, -0.05) is 12.1 Å². The van der Waals surface area contributed by atoms with E-state index in [9.17, 15) is 15.0 Å². The van der Waals surface area contributed by atoms with E-state index in [0.29, 0.717) is 5.75 Å². The summed E-state index contributed by atoms with van der Waals surface area (Å²) in [7, 11) is 0. The number of benzene rings is 2. The molecule has 6 nitrogen and oxygen atoms in total. The van der Waals surface area contributed by atoms with Gasteiger partial charge in [0.25, 0.3) is 0 Å². The molecule has 2 aromatic rings. The summed E-state index contributed by atoms with van der Waals surface area (Å²) >= 11 is 0. The van der Waals surface area contributed by atoms with Crippen LogP contribution in [0.5, 0.6) is 23.0 Å². The van der Waals surface area contributed by atoms with Crippen molar-refractivity contribution in [1.29, 1.82) is 0 Å². The lowest BCUT2D eigenvalue weighted by molar-refractivity contribution is 0.0844. The fourth-order valence-electron chi connectivity index (χ4n) is 2.54. The van der Waals surface area contributed by atoms with E-state index >= 15 is 0 Å². The van der Waals surface area contributed by atoms with Gasteiger partial charge >= 0.3 is 0 Å². The highest BCUT2D eigenvalue weighted by molar-refractivity contribution is 6.02. The Morgan fingerprint density at radius 3 is 2.61 bits per heavy atom. The van der Waals surface area contributed by atoms with Gasteiger partial charge < -0.3 is 24.8 Å². The van der Waals surface area contributed by atoms with Gasteiger partial charge in [0, 0.05) is 12.1 Å². The summed E-state index contributed by atoms with van der Waals surface area (Å²) in [5, 5.41) is 28.2. The van der Waals surface area contributed by atoms with Crippen LogP contribution in [0.2, 0.25) is 0 Å². The lowest BCUT2D eigenvalue weighted by Gasteiger charge is -2.26. The van der Waals surface area contributed by atoms with Crippen LogP contribution in [0.1, 0.15) is 28.4 Å². The fourth-order valence-corrected chi connectivity index (χ4v) is 2.54. The van der Waals surface area contributed by atoms with Crippen molar-refractivity contribution in [3.05, 3.63) is 47.5 Å². The molecule has 3 N–H and O–H groups in total. The van der Waals surface area contributed by atoms with Crippen molar-refractivity contribution in [2.75, 3.05) is 13.2 Å². The van der Waals surface area contributed by atoms with E-state index in [1.165, 1.54) is 24.3 Å². The van der Waals surface area contributed by atoms with Crippen LogP contribution in [-0.4, -0.2) is 34.3 Å².